The molecule has 1 aliphatic rings. The Hall–Kier alpha value is -1.46. The summed E-state index contributed by atoms with van der Waals surface area (Å²) >= 11 is 0. The number of nitrogens with zero attached hydrogens (tertiary/aromatic N) is 1. The van der Waals surface area contributed by atoms with Crippen LogP contribution in [-0.4, -0.2) is 43.9 Å². The van der Waals surface area contributed by atoms with E-state index in [-0.39, 0.29) is 5.91 Å². The molecular weight excluding hydrogens is 244 g/mol. The van der Waals surface area contributed by atoms with Gasteiger partial charge in [0.25, 0.3) is 5.91 Å². The van der Waals surface area contributed by atoms with E-state index >= 15 is 0 Å². The largest absolute Gasteiger partial charge is 0.381 e. The van der Waals surface area contributed by atoms with Crippen LogP contribution in [0.4, 0.5) is 0 Å². The minimum atomic E-state index is -0.134. The SMILES string of the molecule is O=C(NCCCOCC1CCOC1)c1ccccn1. The molecule has 0 aliphatic carbocycles. The minimum Gasteiger partial charge on any atom is -0.381 e. The molecule has 0 radical (unpaired) electrons. The van der Waals surface area contributed by atoms with Crippen LogP contribution in [0.1, 0.15) is 23.3 Å². The monoisotopic (exact) mass is 264 g/mol. The van der Waals surface area contributed by atoms with Crippen LogP contribution in [0.15, 0.2) is 24.4 Å². The zero-order chi connectivity index (χ0) is 13.3. The maximum Gasteiger partial charge on any atom is 0.269 e. The molecule has 2 rings (SSSR count). The quantitative estimate of drug-likeness (QED) is 0.753. The molecule has 1 atom stereocenters. The first-order chi connectivity index (χ1) is 9.36. The van der Waals surface area contributed by atoms with Gasteiger partial charge in [0, 0.05) is 31.9 Å². The van der Waals surface area contributed by atoms with Crippen molar-refractivity contribution in [3.05, 3.63) is 30.1 Å². The summed E-state index contributed by atoms with van der Waals surface area (Å²) in [7, 11) is 0. The lowest BCUT2D eigenvalue weighted by Crippen LogP contribution is -2.26. The summed E-state index contributed by atoms with van der Waals surface area (Å²) in [5.41, 5.74) is 0.450. The van der Waals surface area contributed by atoms with Gasteiger partial charge in [-0.2, -0.15) is 0 Å². The van der Waals surface area contributed by atoms with E-state index in [4.69, 9.17) is 9.47 Å². The predicted molar refractivity (Wildman–Crippen MR) is 70.9 cm³/mol. The number of pyridine rings is 1. The lowest BCUT2D eigenvalue weighted by molar-refractivity contribution is 0.0852. The average Bonchev–Trinajstić information content (AvgIpc) is 2.96. The molecule has 0 aromatic carbocycles. The van der Waals surface area contributed by atoms with Crippen molar-refractivity contribution in [1.29, 1.82) is 0 Å². The Morgan fingerprint density at radius 2 is 2.47 bits per heavy atom. The van der Waals surface area contributed by atoms with Crippen LogP contribution in [0, 0.1) is 5.92 Å². The van der Waals surface area contributed by atoms with Crippen molar-refractivity contribution in [2.45, 2.75) is 12.8 Å². The van der Waals surface area contributed by atoms with Gasteiger partial charge in [-0.05, 0) is 25.0 Å². The molecule has 0 saturated carbocycles. The van der Waals surface area contributed by atoms with Crippen LogP contribution in [-0.2, 0) is 9.47 Å². The van der Waals surface area contributed by atoms with Crippen molar-refractivity contribution < 1.29 is 14.3 Å². The highest BCUT2D eigenvalue weighted by Crippen LogP contribution is 2.12. The predicted octanol–water partition coefficient (Wildman–Crippen LogP) is 1.25. The van der Waals surface area contributed by atoms with Gasteiger partial charge in [0.15, 0.2) is 0 Å². The van der Waals surface area contributed by atoms with Crippen molar-refractivity contribution in [3.8, 4) is 0 Å². The number of carbonyl (C=O) groups excluding carboxylic acids is 1. The standard InChI is InChI=1S/C14H20N2O3/c17-14(13-4-1-2-6-15-13)16-7-3-8-18-10-12-5-9-19-11-12/h1-2,4,6,12H,3,5,7-11H2,(H,16,17). The van der Waals surface area contributed by atoms with Gasteiger partial charge in [0.2, 0.25) is 0 Å². The number of hydrogen-bond acceptors (Lipinski definition) is 4. The Morgan fingerprint density at radius 3 is 3.21 bits per heavy atom. The highest BCUT2D eigenvalue weighted by Gasteiger charge is 2.15. The van der Waals surface area contributed by atoms with Crippen LogP contribution < -0.4 is 5.32 Å². The molecule has 2 heterocycles. The summed E-state index contributed by atoms with van der Waals surface area (Å²) in [4.78, 5) is 15.6. The summed E-state index contributed by atoms with van der Waals surface area (Å²) < 4.78 is 10.8. The molecule has 104 valence electrons. The molecule has 5 nitrogen and oxygen atoms in total. The number of rotatable bonds is 7. The summed E-state index contributed by atoms with van der Waals surface area (Å²) in [5, 5.41) is 2.82. The number of hydrogen-bond donors (Lipinski definition) is 1. The van der Waals surface area contributed by atoms with Crippen molar-refractivity contribution in [2.75, 3.05) is 33.0 Å². The summed E-state index contributed by atoms with van der Waals surface area (Å²) in [5.74, 6) is 0.410. The number of carbonyl (C=O) groups is 1. The lowest BCUT2D eigenvalue weighted by Gasteiger charge is -2.09. The van der Waals surface area contributed by atoms with Gasteiger partial charge in [0.05, 0.1) is 13.2 Å². The molecule has 1 unspecified atom stereocenters. The fourth-order valence-electron chi connectivity index (χ4n) is 1.93. The number of nitrogens with one attached hydrogen (secondary N) is 1. The van der Waals surface area contributed by atoms with E-state index < -0.39 is 0 Å². The molecule has 0 spiro atoms. The first-order valence-corrected chi connectivity index (χ1v) is 6.71. The fourth-order valence-corrected chi connectivity index (χ4v) is 1.93. The Balaban J connectivity index is 1.51. The average molecular weight is 264 g/mol. The lowest BCUT2D eigenvalue weighted by atomic mass is 10.1. The van der Waals surface area contributed by atoms with E-state index in [0.717, 1.165) is 32.7 Å². The van der Waals surface area contributed by atoms with Gasteiger partial charge in [-0.15, -0.1) is 0 Å². The van der Waals surface area contributed by atoms with Crippen LogP contribution in [0.2, 0.25) is 0 Å². The van der Waals surface area contributed by atoms with E-state index in [0.29, 0.717) is 24.8 Å². The van der Waals surface area contributed by atoms with Gasteiger partial charge in [-0.3, -0.25) is 9.78 Å². The van der Waals surface area contributed by atoms with E-state index in [2.05, 4.69) is 10.3 Å². The van der Waals surface area contributed by atoms with E-state index in [1.165, 1.54) is 0 Å². The molecule has 1 aromatic rings. The Morgan fingerprint density at radius 1 is 1.53 bits per heavy atom. The third kappa shape index (κ3) is 4.96. The molecular formula is C14H20N2O3. The molecule has 0 bridgehead atoms. The second-order valence-corrected chi connectivity index (χ2v) is 4.63. The van der Waals surface area contributed by atoms with Crippen LogP contribution in [0.3, 0.4) is 0 Å². The van der Waals surface area contributed by atoms with Gasteiger partial charge in [0.1, 0.15) is 5.69 Å². The van der Waals surface area contributed by atoms with Gasteiger partial charge in [-0.1, -0.05) is 6.07 Å². The number of ether oxygens (including phenoxy) is 2. The first kappa shape index (κ1) is 14.0. The van der Waals surface area contributed by atoms with Crippen LogP contribution in [0.25, 0.3) is 0 Å². The zero-order valence-electron chi connectivity index (χ0n) is 11.0. The normalized spacial score (nSPS) is 18.4. The van der Waals surface area contributed by atoms with Crippen LogP contribution >= 0.6 is 0 Å². The summed E-state index contributed by atoms with van der Waals surface area (Å²) in [6.45, 7) is 3.70. The third-order valence-corrected chi connectivity index (χ3v) is 3.03. The van der Waals surface area contributed by atoms with E-state index in [9.17, 15) is 4.79 Å². The molecule has 1 aliphatic heterocycles. The molecule has 1 saturated heterocycles. The van der Waals surface area contributed by atoms with Gasteiger partial charge < -0.3 is 14.8 Å². The highest BCUT2D eigenvalue weighted by atomic mass is 16.5. The Labute approximate surface area is 113 Å². The number of amides is 1. The first-order valence-electron chi connectivity index (χ1n) is 6.71. The molecule has 1 amide bonds. The molecule has 1 aromatic heterocycles. The van der Waals surface area contributed by atoms with Crippen molar-refractivity contribution in [3.63, 3.8) is 0 Å². The molecule has 5 heteroatoms. The highest BCUT2D eigenvalue weighted by molar-refractivity contribution is 5.92. The Bertz CT molecular complexity index is 378. The van der Waals surface area contributed by atoms with Crippen LogP contribution in [0.5, 0.6) is 0 Å². The summed E-state index contributed by atoms with van der Waals surface area (Å²) in [6, 6.07) is 5.29. The zero-order valence-corrected chi connectivity index (χ0v) is 11.0. The maximum atomic E-state index is 11.7. The fraction of sp³-hybridized carbons (Fsp3) is 0.571. The molecule has 1 fully saturated rings. The van der Waals surface area contributed by atoms with Gasteiger partial charge >= 0.3 is 0 Å². The van der Waals surface area contributed by atoms with E-state index in [1.54, 1.807) is 24.4 Å². The second-order valence-electron chi connectivity index (χ2n) is 4.63. The minimum absolute atomic E-state index is 0.134. The smallest absolute Gasteiger partial charge is 0.269 e. The number of aromatic nitrogens is 1. The maximum absolute atomic E-state index is 11.7. The molecule has 1 N–H and O–H groups in total. The van der Waals surface area contributed by atoms with Gasteiger partial charge in [-0.25, -0.2) is 0 Å². The topological polar surface area (TPSA) is 60.5 Å². The Kier molecular flexibility index (Phi) is 5.78. The summed E-state index contributed by atoms with van der Waals surface area (Å²) in [6.07, 6.45) is 3.52. The third-order valence-electron chi connectivity index (χ3n) is 3.03. The van der Waals surface area contributed by atoms with Crippen molar-refractivity contribution in [2.24, 2.45) is 5.92 Å². The van der Waals surface area contributed by atoms with Crippen molar-refractivity contribution >= 4 is 5.91 Å². The van der Waals surface area contributed by atoms with E-state index in [1.807, 2.05) is 0 Å². The molecule has 19 heavy (non-hydrogen) atoms. The van der Waals surface area contributed by atoms with Crippen molar-refractivity contribution in [1.82, 2.24) is 10.3 Å². The second kappa shape index (κ2) is 7.86.